The van der Waals surface area contributed by atoms with Crippen LogP contribution in [-0.2, 0) is 0 Å². The average molecular weight is 292 g/mol. The molecule has 1 N–H and O–H groups in total. The summed E-state index contributed by atoms with van der Waals surface area (Å²) in [7, 11) is 0. The molecule has 0 bridgehead atoms. The molecule has 20 heavy (non-hydrogen) atoms. The summed E-state index contributed by atoms with van der Waals surface area (Å²) in [5.41, 5.74) is 1.86. The number of thiophene rings is 1. The maximum Gasteiger partial charge on any atom is 0.301 e. The van der Waals surface area contributed by atoms with E-state index in [0.717, 1.165) is 10.9 Å². The number of non-ortho nitro benzene ring substituents is 1. The van der Waals surface area contributed by atoms with Crippen LogP contribution in [0.15, 0.2) is 40.8 Å². The van der Waals surface area contributed by atoms with Crippen molar-refractivity contribution in [2.75, 3.05) is 5.43 Å². The van der Waals surface area contributed by atoms with Crippen molar-refractivity contribution in [1.82, 2.24) is 0 Å². The van der Waals surface area contributed by atoms with Gasteiger partial charge in [-0.3, -0.25) is 25.7 Å². The van der Waals surface area contributed by atoms with Crippen molar-refractivity contribution in [3.8, 4) is 0 Å². The third kappa shape index (κ3) is 3.14. The van der Waals surface area contributed by atoms with Gasteiger partial charge in [-0.05, 0) is 17.5 Å². The van der Waals surface area contributed by atoms with Crippen molar-refractivity contribution in [2.24, 2.45) is 5.10 Å². The number of nitrogens with zero attached hydrogens (tertiary/aromatic N) is 3. The van der Waals surface area contributed by atoms with Crippen molar-refractivity contribution in [3.63, 3.8) is 0 Å². The predicted octanol–water partition coefficient (Wildman–Crippen LogP) is 3.01. The molecule has 0 unspecified atom stereocenters. The summed E-state index contributed by atoms with van der Waals surface area (Å²) in [6.07, 6.45) is 1.51. The number of nitro groups is 2. The molecule has 0 aliphatic carbocycles. The highest BCUT2D eigenvalue weighted by Gasteiger charge is 2.18. The van der Waals surface area contributed by atoms with Crippen LogP contribution < -0.4 is 5.43 Å². The van der Waals surface area contributed by atoms with Gasteiger partial charge in [-0.2, -0.15) is 5.10 Å². The molecule has 0 amide bonds. The summed E-state index contributed by atoms with van der Waals surface area (Å²) >= 11 is 1.46. The molecule has 0 radical (unpaired) electrons. The molecule has 0 fully saturated rings. The lowest BCUT2D eigenvalue weighted by atomic mass is 10.2. The van der Waals surface area contributed by atoms with Crippen molar-refractivity contribution in [2.45, 2.75) is 0 Å². The topological polar surface area (TPSA) is 111 Å². The highest BCUT2D eigenvalue weighted by atomic mass is 32.1. The van der Waals surface area contributed by atoms with E-state index in [1.807, 2.05) is 17.5 Å². The molecule has 0 saturated heterocycles. The number of anilines is 1. The molecule has 0 spiro atoms. The fourth-order valence-corrected chi connectivity index (χ4v) is 1.99. The second kappa shape index (κ2) is 5.89. The Labute approximate surface area is 116 Å². The van der Waals surface area contributed by atoms with Crippen LogP contribution in [0, 0.1) is 20.2 Å². The summed E-state index contributed by atoms with van der Waals surface area (Å²) in [5, 5.41) is 27.2. The summed E-state index contributed by atoms with van der Waals surface area (Å²) in [6.45, 7) is 0. The van der Waals surface area contributed by atoms with Crippen LogP contribution >= 0.6 is 11.3 Å². The first-order chi connectivity index (χ1) is 9.58. The van der Waals surface area contributed by atoms with E-state index in [4.69, 9.17) is 0 Å². The van der Waals surface area contributed by atoms with Gasteiger partial charge in [0.25, 0.3) is 5.69 Å². The Bertz CT molecular complexity index is 669. The lowest BCUT2D eigenvalue weighted by Gasteiger charge is -2.01. The van der Waals surface area contributed by atoms with E-state index < -0.39 is 15.5 Å². The predicted molar refractivity (Wildman–Crippen MR) is 75.3 cm³/mol. The molecule has 2 aromatic rings. The Morgan fingerprint density at radius 3 is 2.60 bits per heavy atom. The third-order valence-corrected chi connectivity index (χ3v) is 3.12. The van der Waals surface area contributed by atoms with E-state index in [1.54, 1.807) is 0 Å². The smallest absolute Gasteiger partial charge is 0.272 e. The Morgan fingerprint density at radius 2 is 2.00 bits per heavy atom. The van der Waals surface area contributed by atoms with Crippen molar-refractivity contribution < 1.29 is 9.85 Å². The zero-order valence-corrected chi connectivity index (χ0v) is 10.7. The fraction of sp³-hybridized carbons (Fsp3) is 0. The van der Waals surface area contributed by atoms with E-state index in [1.165, 1.54) is 29.7 Å². The molecule has 0 aliphatic rings. The van der Waals surface area contributed by atoms with E-state index in [0.29, 0.717) is 0 Å². The van der Waals surface area contributed by atoms with E-state index in [2.05, 4.69) is 10.5 Å². The molecule has 0 saturated carbocycles. The first-order valence-electron chi connectivity index (χ1n) is 5.33. The Morgan fingerprint density at radius 1 is 1.20 bits per heavy atom. The van der Waals surface area contributed by atoms with Crippen LogP contribution in [0.5, 0.6) is 0 Å². The first kappa shape index (κ1) is 13.6. The van der Waals surface area contributed by atoms with Gasteiger partial charge in [0.2, 0.25) is 0 Å². The van der Waals surface area contributed by atoms with Gasteiger partial charge < -0.3 is 0 Å². The van der Waals surface area contributed by atoms with Crippen LogP contribution in [-0.4, -0.2) is 16.1 Å². The molecular formula is C11H8N4O4S. The van der Waals surface area contributed by atoms with Crippen LogP contribution in [0.3, 0.4) is 0 Å². The normalized spacial score (nSPS) is 10.6. The second-order valence-electron chi connectivity index (χ2n) is 3.60. The number of rotatable bonds is 5. The minimum atomic E-state index is -0.698. The van der Waals surface area contributed by atoms with Crippen LogP contribution in [0.25, 0.3) is 0 Å². The average Bonchev–Trinajstić information content (AvgIpc) is 2.91. The van der Waals surface area contributed by atoms with E-state index >= 15 is 0 Å². The third-order valence-electron chi connectivity index (χ3n) is 2.31. The maximum atomic E-state index is 10.9. The number of hydrazone groups is 1. The van der Waals surface area contributed by atoms with Gasteiger partial charge in [0.1, 0.15) is 5.69 Å². The fourth-order valence-electron chi connectivity index (χ4n) is 1.41. The number of nitro benzene ring substituents is 2. The quantitative estimate of drug-likeness (QED) is 0.517. The SMILES string of the molecule is O=[N+]([O-])c1ccc(N/N=C/c2cccs2)c([N+](=O)[O-])c1. The Balaban J connectivity index is 2.22. The maximum absolute atomic E-state index is 10.9. The summed E-state index contributed by atoms with van der Waals surface area (Å²) in [4.78, 5) is 21.0. The molecule has 2 rings (SSSR count). The number of hydrogen-bond donors (Lipinski definition) is 1. The lowest BCUT2D eigenvalue weighted by molar-refractivity contribution is -0.393. The second-order valence-corrected chi connectivity index (χ2v) is 4.58. The summed E-state index contributed by atoms with van der Waals surface area (Å²) in [5.74, 6) is 0. The summed E-state index contributed by atoms with van der Waals surface area (Å²) in [6, 6.07) is 7.00. The number of benzene rings is 1. The van der Waals surface area contributed by atoms with Gasteiger partial charge in [0.15, 0.2) is 0 Å². The van der Waals surface area contributed by atoms with Crippen LogP contribution in [0.2, 0.25) is 0 Å². The van der Waals surface area contributed by atoms with E-state index in [9.17, 15) is 20.2 Å². The Kier molecular flexibility index (Phi) is 4.01. The molecule has 102 valence electrons. The Hall–Kier alpha value is -2.81. The molecule has 1 aromatic heterocycles. The lowest BCUT2D eigenvalue weighted by Crippen LogP contribution is -1.98. The standard InChI is InChI=1S/C11H8N4O4S/c16-14(17)8-3-4-10(11(6-8)15(18)19)13-12-7-9-2-1-5-20-9/h1-7,13H/b12-7+. The minimum Gasteiger partial charge on any atom is -0.272 e. The summed E-state index contributed by atoms with van der Waals surface area (Å²) < 4.78 is 0. The van der Waals surface area contributed by atoms with Gasteiger partial charge >= 0.3 is 5.69 Å². The van der Waals surface area contributed by atoms with Gasteiger partial charge in [-0.25, -0.2) is 0 Å². The highest BCUT2D eigenvalue weighted by molar-refractivity contribution is 7.11. The van der Waals surface area contributed by atoms with Gasteiger partial charge in [0, 0.05) is 10.9 Å². The number of hydrogen-bond acceptors (Lipinski definition) is 7. The van der Waals surface area contributed by atoms with Crippen LogP contribution in [0.1, 0.15) is 4.88 Å². The number of nitrogens with one attached hydrogen (secondary N) is 1. The van der Waals surface area contributed by atoms with Gasteiger partial charge in [-0.15, -0.1) is 11.3 Å². The molecule has 1 aromatic carbocycles. The molecule has 9 heteroatoms. The highest BCUT2D eigenvalue weighted by Crippen LogP contribution is 2.28. The van der Waals surface area contributed by atoms with Crippen LogP contribution in [0.4, 0.5) is 17.1 Å². The minimum absolute atomic E-state index is 0.0911. The molecule has 1 heterocycles. The molecule has 0 atom stereocenters. The first-order valence-corrected chi connectivity index (χ1v) is 6.21. The molecule has 0 aliphatic heterocycles. The zero-order chi connectivity index (χ0) is 14.5. The van der Waals surface area contributed by atoms with Crippen molar-refractivity contribution in [1.29, 1.82) is 0 Å². The molecular weight excluding hydrogens is 284 g/mol. The largest absolute Gasteiger partial charge is 0.301 e. The van der Waals surface area contributed by atoms with Gasteiger partial charge in [-0.1, -0.05) is 6.07 Å². The van der Waals surface area contributed by atoms with Gasteiger partial charge in [0.05, 0.1) is 22.1 Å². The van der Waals surface area contributed by atoms with Crippen molar-refractivity contribution in [3.05, 3.63) is 60.8 Å². The molecule has 8 nitrogen and oxygen atoms in total. The zero-order valence-electron chi connectivity index (χ0n) is 9.92. The monoisotopic (exact) mass is 292 g/mol. The van der Waals surface area contributed by atoms with E-state index in [-0.39, 0.29) is 11.4 Å². The van der Waals surface area contributed by atoms with Crippen molar-refractivity contribution >= 4 is 34.6 Å².